The van der Waals surface area contributed by atoms with E-state index in [1.54, 1.807) is 0 Å². The third-order valence-electron chi connectivity index (χ3n) is 7.02. The highest BCUT2D eigenvalue weighted by Gasteiger charge is 2.18. The van der Waals surface area contributed by atoms with Crippen LogP contribution in [0.4, 0.5) is 0 Å². The molecule has 0 N–H and O–H groups in total. The standard InChI is InChI=1S/C34H20N6O2/c1-2-8-21(9-3-1)24-18-25(31-37-39-33(41-31)29-16-14-22-10-4-6-12-27(22)35-29)20-26(19-24)32-38-40-34(42-32)30-17-15-23-11-5-7-13-28(23)36-30/h1-20H. The minimum absolute atomic E-state index is 0.338. The summed E-state index contributed by atoms with van der Waals surface area (Å²) in [6, 6.07) is 39.5. The van der Waals surface area contributed by atoms with Crippen molar-refractivity contribution in [2.45, 2.75) is 0 Å². The Kier molecular flexibility index (Phi) is 5.60. The smallest absolute Gasteiger partial charge is 0.266 e. The van der Waals surface area contributed by atoms with Gasteiger partial charge in [0, 0.05) is 21.9 Å². The summed E-state index contributed by atoms with van der Waals surface area (Å²) in [5.41, 5.74) is 6.33. The molecule has 8 heteroatoms. The first kappa shape index (κ1) is 23.8. The average Bonchev–Trinajstić information content (AvgIpc) is 3.76. The number of pyridine rings is 2. The van der Waals surface area contributed by atoms with E-state index in [0.29, 0.717) is 35.0 Å². The van der Waals surface area contributed by atoms with Crippen LogP contribution in [0.3, 0.4) is 0 Å². The fourth-order valence-corrected chi connectivity index (χ4v) is 4.93. The summed E-state index contributed by atoms with van der Waals surface area (Å²) >= 11 is 0. The highest BCUT2D eigenvalue weighted by Crippen LogP contribution is 2.34. The highest BCUT2D eigenvalue weighted by atomic mass is 16.4. The van der Waals surface area contributed by atoms with Gasteiger partial charge in [0.1, 0.15) is 11.4 Å². The zero-order valence-corrected chi connectivity index (χ0v) is 22.0. The number of para-hydroxylation sites is 2. The van der Waals surface area contributed by atoms with Gasteiger partial charge >= 0.3 is 0 Å². The average molecular weight is 545 g/mol. The molecule has 0 saturated carbocycles. The first-order valence-electron chi connectivity index (χ1n) is 13.4. The summed E-state index contributed by atoms with van der Waals surface area (Å²) in [6.45, 7) is 0. The maximum absolute atomic E-state index is 6.14. The number of hydrogen-bond donors (Lipinski definition) is 0. The molecule has 8 nitrogen and oxygen atoms in total. The molecule has 8 rings (SSSR count). The van der Waals surface area contributed by atoms with Gasteiger partial charge in [-0.25, -0.2) is 9.97 Å². The van der Waals surface area contributed by atoms with Crippen molar-refractivity contribution < 1.29 is 8.83 Å². The molecule has 4 heterocycles. The lowest BCUT2D eigenvalue weighted by molar-refractivity contribution is 0.580. The molecule has 0 spiro atoms. The van der Waals surface area contributed by atoms with Crippen LogP contribution in [0.1, 0.15) is 0 Å². The first-order chi connectivity index (χ1) is 20.8. The molecule has 8 aromatic rings. The van der Waals surface area contributed by atoms with Crippen molar-refractivity contribution in [1.29, 1.82) is 0 Å². The number of fused-ring (bicyclic) bond motifs is 2. The van der Waals surface area contributed by atoms with Crippen LogP contribution in [0, 0.1) is 0 Å². The third-order valence-corrected chi connectivity index (χ3v) is 7.02. The van der Waals surface area contributed by atoms with Gasteiger partial charge in [0.25, 0.3) is 11.8 Å². The van der Waals surface area contributed by atoms with E-state index >= 15 is 0 Å². The predicted octanol–water partition coefficient (Wildman–Crippen LogP) is 7.88. The summed E-state index contributed by atoms with van der Waals surface area (Å²) in [6.07, 6.45) is 0. The molecular weight excluding hydrogens is 524 g/mol. The third kappa shape index (κ3) is 4.37. The topological polar surface area (TPSA) is 104 Å². The van der Waals surface area contributed by atoms with E-state index in [0.717, 1.165) is 44.1 Å². The SMILES string of the molecule is c1ccc(-c2cc(-c3nnc(-c4ccc5ccccc5n4)o3)cc(-c3nnc(-c4ccc5ccccc5n4)o3)c2)cc1. The zero-order valence-electron chi connectivity index (χ0n) is 22.0. The second-order valence-electron chi connectivity index (χ2n) is 9.77. The summed E-state index contributed by atoms with van der Waals surface area (Å²) in [4.78, 5) is 9.40. The molecule has 0 amide bonds. The highest BCUT2D eigenvalue weighted by molar-refractivity contribution is 5.82. The fourth-order valence-electron chi connectivity index (χ4n) is 4.93. The van der Waals surface area contributed by atoms with Gasteiger partial charge in [0.05, 0.1) is 11.0 Å². The second kappa shape index (κ2) is 9.87. The van der Waals surface area contributed by atoms with E-state index in [-0.39, 0.29) is 0 Å². The van der Waals surface area contributed by atoms with Gasteiger partial charge in [-0.2, -0.15) is 0 Å². The van der Waals surface area contributed by atoms with Gasteiger partial charge < -0.3 is 8.83 Å². The normalized spacial score (nSPS) is 11.3. The minimum Gasteiger partial charge on any atom is -0.415 e. The lowest BCUT2D eigenvalue weighted by Crippen LogP contribution is -1.86. The Hall–Kier alpha value is -6.02. The first-order valence-corrected chi connectivity index (χ1v) is 13.4. The van der Waals surface area contributed by atoms with Gasteiger partial charge in [-0.3, -0.25) is 0 Å². The molecule has 0 aliphatic rings. The lowest BCUT2D eigenvalue weighted by atomic mass is 9.99. The molecule has 4 aromatic heterocycles. The van der Waals surface area contributed by atoms with Crippen LogP contribution in [-0.4, -0.2) is 30.4 Å². The molecule has 0 unspecified atom stereocenters. The Morgan fingerprint density at radius 2 is 0.810 bits per heavy atom. The zero-order chi connectivity index (χ0) is 27.9. The van der Waals surface area contributed by atoms with Crippen LogP contribution in [-0.2, 0) is 0 Å². The van der Waals surface area contributed by atoms with Crippen LogP contribution < -0.4 is 0 Å². The van der Waals surface area contributed by atoms with E-state index in [1.165, 1.54) is 0 Å². The monoisotopic (exact) mass is 544 g/mol. The molecule has 0 saturated heterocycles. The Morgan fingerprint density at radius 3 is 1.36 bits per heavy atom. The Bertz CT molecular complexity index is 2090. The van der Waals surface area contributed by atoms with Crippen LogP contribution in [0.15, 0.2) is 130 Å². The maximum atomic E-state index is 6.14. The van der Waals surface area contributed by atoms with E-state index < -0.39 is 0 Å². The van der Waals surface area contributed by atoms with Crippen molar-refractivity contribution in [3.8, 4) is 57.2 Å². The Balaban J connectivity index is 1.20. The molecule has 198 valence electrons. The lowest BCUT2D eigenvalue weighted by Gasteiger charge is -2.06. The molecule has 42 heavy (non-hydrogen) atoms. The van der Waals surface area contributed by atoms with E-state index in [4.69, 9.17) is 18.8 Å². The molecule has 0 atom stereocenters. The molecule has 0 aliphatic heterocycles. The Morgan fingerprint density at radius 1 is 0.357 bits per heavy atom. The predicted molar refractivity (Wildman–Crippen MR) is 160 cm³/mol. The van der Waals surface area contributed by atoms with Crippen LogP contribution in [0.2, 0.25) is 0 Å². The number of nitrogens with zero attached hydrogens (tertiary/aromatic N) is 6. The number of benzene rings is 4. The molecular formula is C34H20N6O2. The van der Waals surface area contributed by atoms with Crippen molar-refractivity contribution in [1.82, 2.24) is 30.4 Å². The summed E-state index contributed by atoms with van der Waals surface area (Å²) in [5, 5.41) is 19.4. The summed E-state index contributed by atoms with van der Waals surface area (Å²) in [5.74, 6) is 1.39. The molecule has 0 fully saturated rings. The van der Waals surface area contributed by atoms with Crippen molar-refractivity contribution in [3.63, 3.8) is 0 Å². The van der Waals surface area contributed by atoms with Crippen molar-refractivity contribution >= 4 is 21.8 Å². The van der Waals surface area contributed by atoms with E-state index in [1.807, 2.05) is 121 Å². The fraction of sp³-hybridized carbons (Fsp3) is 0. The number of aromatic nitrogens is 6. The maximum Gasteiger partial charge on any atom is 0.266 e. The number of rotatable bonds is 5. The van der Waals surface area contributed by atoms with E-state index in [2.05, 4.69) is 20.4 Å². The van der Waals surface area contributed by atoms with E-state index in [9.17, 15) is 0 Å². The molecule has 4 aromatic carbocycles. The van der Waals surface area contributed by atoms with Crippen LogP contribution in [0.25, 0.3) is 79.0 Å². The summed E-state index contributed by atoms with van der Waals surface area (Å²) in [7, 11) is 0. The quantitative estimate of drug-likeness (QED) is 0.215. The van der Waals surface area contributed by atoms with Gasteiger partial charge in [0.15, 0.2) is 0 Å². The van der Waals surface area contributed by atoms with Crippen molar-refractivity contribution in [3.05, 3.63) is 121 Å². The van der Waals surface area contributed by atoms with Gasteiger partial charge in [0.2, 0.25) is 11.8 Å². The second-order valence-corrected chi connectivity index (χ2v) is 9.77. The van der Waals surface area contributed by atoms with Crippen molar-refractivity contribution in [2.75, 3.05) is 0 Å². The molecule has 0 aliphatic carbocycles. The largest absolute Gasteiger partial charge is 0.415 e. The van der Waals surface area contributed by atoms with Crippen molar-refractivity contribution in [2.24, 2.45) is 0 Å². The minimum atomic E-state index is 0.338. The number of hydrogen-bond acceptors (Lipinski definition) is 8. The van der Waals surface area contributed by atoms with Crippen LogP contribution in [0.5, 0.6) is 0 Å². The van der Waals surface area contributed by atoms with Gasteiger partial charge in [-0.1, -0.05) is 78.9 Å². The molecule has 0 bridgehead atoms. The van der Waals surface area contributed by atoms with Gasteiger partial charge in [-0.15, -0.1) is 20.4 Å². The van der Waals surface area contributed by atoms with Gasteiger partial charge in [-0.05, 0) is 53.6 Å². The molecule has 0 radical (unpaired) electrons. The summed E-state index contributed by atoms with van der Waals surface area (Å²) < 4.78 is 12.3. The van der Waals surface area contributed by atoms with Crippen LogP contribution >= 0.6 is 0 Å². The Labute approximate surface area is 239 Å².